The highest BCUT2D eigenvalue weighted by Crippen LogP contribution is 2.14. The molecule has 1 rings (SSSR count). The maximum atomic E-state index is 11.9. The van der Waals surface area contributed by atoms with Gasteiger partial charge in [0.2, 0.25) is 0 Å². The zero-order valence-corrected chi connectivity index (χ0v) is 9.19. The maximum Gasteiger partial charge on any atom is 0.254 e. The Kier molecular flexibility index (Phi) is 3.11. The van der Waals surface area contributed by atoms with Crippen LogP contribution in [-0.2, 0) is 0 Å². The number of amides is 1. The van der Waals surface area contributed by atoms with Gasteiger partial charge in [0, 0.05) is 12.6 Å². The standard InChI is InChI=1S/C12H14N2O/c1-12(2,9-13)14(3)11(15)10-7-5-4-6-8-10/h4-8H,1-3H3. The van der Waals surface area contributed by atoms with Gasteiger partial charge in [0.15, 0.2) is 0 Å². The van der Waals surface area contributed by atoms with Gasteiger partial charge < -0.3 is 4.90 Å². The van der Waals surface area contributed by atoms with Crippen LogP contribution in [0, 0.1) is 11.3 Å². The van der Waals surface area contributed by atoms with E-state index in [4.69, 9.17) is 5.26 Å². The molecule has 0 bridgehead atoms. The highest BCUT2D eigenvalue weighted by molar-refractivity contribution is 5.94. The van der Waals surface area contributed by atoms with Gasteiger partial charge in [0.05, 0.1) is 6.07 Å². The number of carbonyl (C=O) groups is 1. The fourth-order valence-electron chi connectivity index (χ4n) is 1.10. The molecule has 0 aliphatic carbocycles. The molecule has 0 unspecified atom stereocenters. The van der Waals surface area contributed by atoms with Crippen molar-refractivity contribution in [1.82, 2.24) is 4.90 Å². The minimum atomic E-state index is -0.785. The summed E-state index contributed by atoms with van der Waals surface area (Å²) >= 11 is 0. The monoisotopic (exact) mass is 202 g/mol. The van der Waals surface area contributed by atoms with E-state index < -0.39 is 5.54 Å². The molecule has 1 amide bonds. The molecule has 1 aromatic carbocycles. The van der Waals surface area contributed by atoms with Crippen molar-refractivity contribution in [1.29, 1.82) is 5.26 Å². The van der Waals surface area contributed by atoms with E-state index in [2.05, 4.69) is 6.07 Å². The number of benzene rings is 1. The van der Waals surface area contributed by atoms with Crippen LogP contribution in [0.3, 0.4) is 0 Å². The summed E-state index contributed by atoms with van der Waals surface area (Å²) in [6.07, 6.45) is 0. The Labute approximate surface area is 89.9 Å². The number of hydrogen-bond acceptors (Lipinski definition) is 2. The van der Waals surface area contributed by atoms with E-state index in [1.165, 1.54) is 4.90 Å². The SMILES string of the molecule is CN(C(=O)c1ccccc1)C(C)(C)C#N. The molecule has 3 heteroatoms. The van der Waals surface area contributed by atoms with Crippen molar-refractivity contribution in [3.05, 3.63) is 35.9 Å². The molecule has 0 heterocycles. The van der Waals surface area contributed by atoms with Gasteiger partial charge in [-0.2, -0.15) is 5.26 Å². The molecule has 0 spiro atoms. The Morgan fingerprint density at radius 2 is 1.87 bits per heavy atom. The third kappa shape index (κ3) is 2.35. The minimum absolute atomic E-state index is 0.137. The lowest BCUT2D eigenvalue weighted by molar-refractivity contribution is 0.0698. The van der Waals surface area contributed by atoms with Crippen LogP contribution < -0.4 is 0 Å². The number of rotatable bonds is 2. The van der Waals surface area contributed by atoms with Crippen LogP contribution in [0.15, 0.2) is 30.3 Å². The van der Waals surface area contributed by atoms with Crippen molar-refractivity contribution in [3.63, 3.8) is 0 Å². The first-order valence-corrected chi connectivity index (χ1v) is 4.73. The van der Waals surface area contributed by atoms with Crippen molar-refractivity contribution in [2.75, 3.05) is 7.05 Å². The predicted molar refractivity (Wildman–Crippen MR) is 58.2 cm³/mol. The van der Waals surface area contributed by atoms with Gasteiger partial charge >= 0.3 is 0 Å². The Morgan fingerprint density at radius 1 is 1.33 bits per heavy atom. The first kappa shape index (κ1) is 11.3. The average molecular weight is 202 g/mol. The zero-order valence-electron chi connectivity index (χ0n) is 9.19. The smallest absolute Gasteiger partial charge is 0.254 e. The highest BCUT2D eigenvalue weighted by Gasteiger charge is 2.27. The molecule has 0 saturated carbocycles. The number of hydrogen-bond donors (Lipinski definition) is 0. The Balaban J connectivity index is 2.93. The Hall–Kier alpha value is -1.82. The summed E-state index contributed by atoms with van der Waals surface area (Å²) in [6, 6.07) is 11.0. The lowest BCUT2D eigenvalue weighted by Gasteiger charge is -2.29. The molecule has 0 radical (unpaired) electrons. The Morgan fingerprint density at radius 3 is 2.33 bits per heavy atom. The molecular formula is C12H14N2O. The minimum Gasteiger partial charge on any atom is -0.324 e. The number of nitriles is 1. The lowest BCUT2D eigenvalue weighted by Crippen LogP contribution is -2.43. The molecular weight excluding hydrogens is 188 g/mol. The van der Waals surface area contributed by atoms with E-state index in [0.29, 0.717) is 5.56 Å². The molecule has 3 nitrogen and oxygen atoms in total. The molecule has 0 fully saturated rings. The van der Waals surface area contributed by atoms with E-state index >= 15 is 0 Å². The van der Waals surface area contributed by atoms with Gasteiger partial charge in [-0.3, -0.25) is 4.79 Å². The van der Waals surface area contributed by atoms with Gasteiger partial charge in [0.1, 0.15) is 5.54 Å². The van der Waals surface area contributed by atoms with Gasteiger partial charge in [-0.05, 0) is 26.0 Å². The van der Waals surface area contributed by atoms with Crippen LogP contribution in [-0.4, -0.2) is 23.4 Å². The molecule has 0 saturated heterocycles. The van der Waals surface area contributed by atoms with Crippen LogP contribution in [0.4, 0.5) is 0 Å². The van der Waals surface area contributed by atoms with Crippen molar-refractivity contribution in [3.8, 4) is 6.07 Å². The van der Waals surface area contributed by atoms with E-state index in [9.17, 15) is 4.79 Å². The van der Waals surface area contributed by atoms with Gasteiger partial charge in [0.25, 0.3) is 5.91 Å². The summed E-state index contributed by atoms with van der Waals surface area (Å²) in [4.78, 5) is 13.4. The van der Waals surface area contributed by atoms with Gasteiger partial charge in [-0.25, -0.2) is 0 Å². The van der Waals surface area contributed by atoms with Gasteiger partial charge in [-0.15, -0.1) is 0 Å². The summed E-state index contributed by atoms with van der Waals surface area (Å²) in [5.41, 5.74) is -0.184. The second kappa shape index (κ2) is 4.14. The van der Waals surface area contributed by atoms with Crippen LogP contribution in [0.1, 0.15) is 24.2 Å². The van der Waals surface area contributed by atoms with Crippen molar-refractivity contribution in [2.45, 2.75) is 19.4 Å². The van der Waals surface area contributed by atoms with Crippen LogP contribution in [0.2, 0.25) is 0 Å². The van der Waals surface area contributed by atoms with E-state index in [-0.39, 0.29) is 5.91 Å². The van der Waals surface area contributed by atoms with Crippen LogP contribution >= 0.6 is 0 Å². The first-order valence-electron chi connectivity index (χ1n) is 4.73. The topological polar surface area (TPSA) is 44.1 Å². The van der Waals surface area contributed by atoms with Crippen LogP contribution in [0.25, 0.3) is 0 Å². The van der Waals surface area contributed by atoms with Gasteiger partial charge in [-0.1, -0.05) is 18.2 Å². The summed E-state index contributed by atoms with van der Waals surface area (Å²) < 4.78 is 0. The largest absolute Gasteiger partial charge is 0.324 e. The number of nitrogens with zero attached hydrogens (tertiary/aromatic N) is 2. The summed E-state index contributed by atoms with van der Waals surface area (Å²) in [5.74, 6) is -0.137. The third-order valence-electron chi connectivity index (χ3n) is 2.44. The number of carbonyl (C=O) groups excluding carboxylic acids is 1. The fourth-order valence-corrected chi connectivity index (χ4v) is 1.10. The quantitative estimate of drug-likeness (QED) is 0.736. The van der Waals surface area contributed by atoms with E-state index in [0.717, 1.165) is 0 Å². The van der Waals surface area contributed by atoms with Crippen LogP contribution in [0.5, 0.6) is 0 Å². The molecule has 0 aromatic heterocycles. The van der Waals surface area contributed by atoms with Crippen molar-refractivity contribution >= 4 is 5.91 Å². The zero-order chi connectivity index (χ0) is 11.5. The second-order valence-corrected chi connectivity index (χ2v) is 3.90. The summed E-state index contributed by atoms with van der Waals surface area (Å²) in [6.45, 7) is 3.43. The fraction of sp³-hybridized carbons (Fsp3) is 0.333. The molecule has 15 heavy (non-hydrogen) atoms. The van der Waals surface area contributed by atoms with E-state index in [1.54, 1.807) is 45.2 Å². The Bertz CT molecular complexity index is 390. The van der Waals surface area contributed by atoms with Crippen molar-refractivity contribution in [2.24, 2.45) is 0 Å². The molecule has 0 aliphatic rings. The maximum absolute atomic E-state index is 11.9. The van der Waals surface area contributed by atoms with E-state index in [1.807, 2.05) is 6.07 Å². The first-order chi connectivity index (χ1) is 6.99. The third-order valence-corrected chi connectivity index (χ3v) is 2.44. The lowest BCUT2D eigenvalue weighted by atomic mass is 10.0. The molecule has 78 valence electrons. The second-order valence-electron chi connectivity index (χ2n) is 3.90. The summed E-state index contributed by atoms with van der Waals surface area (Å²) in [5, 5.41) is 8.92. The predicted octanol–water partition coefficient (Wildman–Crippen LogP) is 2.06. The highest BCUT2D eigenvalue weighted by atomic mass is 16.2. The molecule has 0 aliphatic heterocycles. The molecule has 1 aromatic rings. The summed E-state index contributed by atoms with van der Waals surface area (Å²) in [7, 11) is 1.64. The molecule has 0 atom stereocenters. The van der Waals surface area contributed by atoms with Crippen molar-refractivity contribution < 1.29 is 4.79 Å². The molecule has 0 N–H and O–H groups in total. The average Bonchev–Trinajstić information content (AvgIpc) is 2.28. The normalized spacial score (nSPS) is 10.5.